The van der Waals surface area contributed by atoms with Crippen LogP contribution in [0.25, 0.3) is 0 Å². The molecule has 0 spiro atoms. The van der Waals surface area contributed by atoms with Gasteiger partial charge in [-0.05, 0) is 6.92 Å². The van der Waals surface area contributed by atoms with Crippen molar-refractivity contribution < 1.29 is 24.6 Å². The molecule has 15 heavy (non-hydrogen) atoms. The third kappa shape index (κ3) is 2.44. The lowest BCUT2D eigenvalue weighted by Gasteiger charge is -2.45. The van der Waals surface area contributed by atoms with Crippen LogP contribution in [-0.2, 0) is 4.79 Å². The number of carboxylic acids is 1. The summed E-state index contributed by atoms with van der Waals surface area (Å²) in [6.45, 7) is 1.28. The zero-order valence-electron chi connectivity index (χ0n) is 9.43. The molecule has 0 aliphatic rings. The van der Waals surface area contributed by atoms with E-state index in [0.29, 0.717) is 0 Å². The van der Waals surface area contributed by atoms with Crippen LogP contribution in [0.15, 0.2) is 0 Å². The van der Waals surface area contributed by atoms with E-state index in [4.69, 9.17) is 16.6 Å². The monoisotopic (exact) mass is 222 g/mol. The Balaban J connectivity index is 5.18. The number of carboxylic acid groups (broad SMARTS) is 1. The molecule has 0 aromatic carbocycles. The van der Waals surface area contributed by atoms with Crippen molar-refractivity contribution >= 4 is 5.97 Å². The maximum Gasteiger partial charge on any atom is 0.351 e. The third-order valence-corrected chi connectivity index (χ3v) is 2.71. The second kappa shape index (κ2) is 3.69. The van der Waals surface area contributed by atoms with Crippen molar-refractivity contribution in [2.75, 3.05) is 21.1 Å². The van der Waals surface area contributed by atoms with E-state index in [-0.39, 0.29) is 4.48 Å². The number of nitrogens with two attached hydrogens (primary N) is 2. The smallest absolute Gasteiger partial charge is 0.351 e. The molecule has 7 heteroatoms. The quantitative estimate of drug-likeness (QED) is 0.268. The van der Waals surface area contributed by atoms with Gasteiger partial charge in [0.2, 0.25) is 5.72 Å². The number of hydrogen-bond acceptors (Lipinski definition) is 5. The van der Waals surface area contributed by atoms with Gasteiger partial charge in [-0.15, -0.1) is 0 Å². The Morgan fingerprint density at radius 1 is 1.27 bits per heavy atom. The van der Waals surface area contributed by atoms with Crippen molar-refractivity contribution in [2.24, 2.45) is 17.4 Å². The van der Waals surface area contributed by atoms with Crippen LogP contribution in [0.5, 0.6) is 0 Å². The van der Waals surface area contributed by atoms with Gasteiger partial charge < -0.3 is 15.3 Å². The van der Waals surface area contributed by atoms with Gasteiger partial charge in [-0.1, -0.05) is 0 Å². The van der Waals surface area contributed by atoms with Crippen LogP contribution < -0.4 is 11.5 Å². The summed E-state index contributed by atoms with van der Waals surface area (Å²) in [5.41, 5.74) is 8.20. The van der Waals surface area contributed by atoms with Gasteiger partial charge in [-0.3, -0.25) is 16.0 Å². The molecule has 0 aromatic rings. The number of hydrogen-bond donors (Lipinski definition) is 5. The van der Waals surface area contributed by atoms with Gasteiger partial charge in [0.25, 0.3) is 5.85 Å². The molecule has 3 atom stereocenters. The molecule has 0 aromatic heterocycles. The summed E-state index contributed by atoms with van der Waals surface area (Å²) in [5.74, 6) is -4.84. The molecule has 0 bridgehead atoms. The number of nitrogens with zero attached hydrogens (tertiary/aromatic N) is 1. The second-order valence-electron chi connectivity index (χ2n) is 4.65. The summed E-state index contributed by atoms with van der Waals surface area (Å²) in [5, 5.41) is 28.1. The van der Waals surface area contributed by atoms with Crippen LogP contribution in [0.3, 0.4) is 0 Å². The fraction of sp³-hybridized carbons (Fsp3) is 0.875. The molecule has 90 valence electrons. The predicted octanol–water partition coefficient (Wildman–Crippen LogP) is -2.33. The Hall–Kier alpha value is -0.730. The van der Waals surface area contributed by atoms with Gasteiger partial charge in [0.1, 0.15) is 5.92 Å². The van der Waals surface area contributed by atoms with E-state index in [1.165, 1.54) is 6.92 Å². The van der Waals surface area contributed by atoms with Crippen molar-refractivity contribution in [1.29, 1.82) is 0 Å². The topological polar surface area (TPSA) is 130 Å². The van der Waals surface area contributed by atoms with Crippen molar-refractivity contribution in [3.05, 3.63) is 0 Å². The van der Waals surface area contributed by atoms with Crippen LogP contribution >= 0.6 is 0 Å². The number of aliphatic carboxylic acids is 1. The largest absolute Gasteiger partial charge is 0.478 e. The minimum absolute atomic E-state index is 0.152. The highest BCUT2D eigenvalue weighted by Gasteiger charge is 2.54. The molecule has 0 rings (SSSR count). The Bertz CT molecular complexity index is 257. The molecule has 3 unspecified atom stereocenters. The van der Waals surface area contributed by atoms with Gasteiger partial charge in [0.15, 0.2) is 0 Å². The summed E-state index contributed by atoms with van der Waals surface area (Å²) >= 11 is 0. The highest BCUT2D eigenvalue weighted by atomic mass is 16.4. The van der Waals surface area contributed by atoms with Crippen molar-refractivity contribution in [2.45, 2.75) is 18.5 Å². The zero-order chi connectivity index (χ0) is 12.7. The molecule has 0 saturated heterocycles. The number of aliphatic hydroxyl groups is 2. The lowest BCUT2D eigenvalue weighted by atomic mass is 9.91. The van der Waals surface area contributed by atoms with E-state index in [0.717, 1.165) is 0 Å². The lowest BCUT2D eigenvalue weighted by Crippen LogP contribution is -2.74. The van der Waals surface area contributed by atoms with Crippen molar-refractivity contribution in [3.8, 4) is 0 Å². The van der Waals surface area contributed by atoms with Gasteiger partial charge in [0, 0.05) is 0 Å². The first-order chi connectivity index (χ1) is 6.35. The molecular weight excluding hydrogens is 202 g/mol. The predicted molar refractivity (Wildman–Crippen MR) is 53.1 cm³/mol. The fourth-order valence-electron chi connectivity index (χ4n) is 1.09. The van der Waals surface area contributed by atoms with E-state index in [2.05, 4.69) is 0 Å². The van der Waals surface area contributed by atoms with Crippen molar-refractivity contribution in [3.63, 3.8) is 0 Å². The highest BCUT2D eigenvalue weighted by Crippen LogP contribution is 2.26. The van der Waals surface area contributed by atoms with E-state index < -0.39 is 23.5 Å². The van der Waals surface area contributed by atoms with Crippen LogP contribution in [-0.4, -0.2) is 58.5 Å². The summed E-state index contributed by atoms with van der Waals surface area (Å²) in [6.07, 6.45) is 0. The zero-order valence-corrected chi connectivity index (χ0v) is 9.43. The Kier molecular flexibility index (Phi) is 3.51. The number of quaternary nitrogens is 1. The molecule has 7 N–H and O–H groups in total. The molecule has 0 radical (unpaired) electrons. The first kappa shape index (κ1) is 14.3. The van der Waals surface area contributed by atoms with E-state index in [1.54, 1.807) is 21.1 Å². The van der Waals surface area contributed by atoms with Gasteiger partial charge >= 0.3 is 5.97 Å². The average molecular weight is 222 g/mol. The second-order valence-corrected chi connectivity index (χ2v) is 4.65. The Labute approximate surface area is 88.5 Å². The van der Waals surface area contributed by atoms with Gasteiger partial charge in [0.05, 0.1) is 21.1 Å². The minimum atomic E-state index is -2.57. The van der Waals surface area contributed by atoms with Crippen LogP contribution in [0, 0.1) is 5.92 Å². The summed E-state index contributed by atoms with van der Waals surface area (Å²) in [4.78, 5) is 10.7. The van der Waals surface area contributed by atoms with Crippen LogP contribution in [0.4, 0.5) is 0 Å². The molecule has 7 nitrogen and oxygen atoms in total. The minimum Gasteiger partial charge on any atom is -0.478 e. The SMILES string of the molecule is CC(C(N)(O)C(=O)O)C(N)(O)[N+](C)(C)C. The number of rotatable bonds is 4. The first-order valence-corrected chi connectivity index (χ1v) is 4.42. The summed E-state index contributed by atoms with van der Waals surface area (Å²) in [6, 6.07) is 0. The standard InChI is InChI=1S/C8H19N3O4/c1-5(7(9,14)6(12)13)8(10,15)11(2,3)4/h5,14-15H,9-10H2,1-4H3/p+1. The molecule has 0 heterocycles. The molecule has 0 aliphatic carbocycles. The lowest BCUT2D eigenvalue weighted by molar-refractivity contribution is -0.956. The van der Waals surface area contributed by atoms with E-state index >= 15 is 0 Å². The summed E-state index contributed by atoms with van der Waals surface area (Å²) in [7, 11) is 4.69. The molecule has 0 saturated carbocycles. The highest BCUT2D eigenvalue weighted by molar-refractivity contribution is 5.76. The average Bonchev–Trinajstić information content (AvgIpc) is 2.00. The summed E-state index contributed by atoms with van der Waals surface area (Å²) < 4.78 is -0.152. The maximum atomic E-state index is 10.7. The first-order valence-electron chi connectivity index (χ1n) is 4.42. The van der Waals surface area contributed by atoms with E-state index in [9.17, 15) is 15.0 Å². The number of carbonyl (C=O) groups is 1. The van der Waals surface area contributed by atoms with Gasteiger partial charge in [-0.2, -0.15) is 0 Å². The fourth-order valence-corrected chi connectivity index (χ4v) is 1.09. The third-order valence-electron chi connectivity index (χ3n) is 2.71. The molecule has 0 aliphatic heterocycles. The molecule has 0 fully saturated rings. The Morgan fingerprint density at radius 2 is 1.60 bits per heavy atom. The van der Waals surface area contributed by atoms with Crippen LogP contribution in [0.2, 0.25) is 0 Å². The van der Waals surface area contributed by atoms with Crippen molar-refractivity contribution in [1.82, 2.24) is 0 Å². The molecular formula is C8H20N3O4+. The molecule has 0 amide bonds. The maximum absolute atomic E-state index is 10.7. The Morgan fingerprint density at radius 3 is 1.80 bits per heavy atom. The normalized spacial score (nSPS) is 22.7. The van der Waals surface area contributed by atoms with E-state index in [1.807, 2.05) is 0 Å². The van der Waals surface area contributed by atoms with Crippen LogP contribution in [0.1, 0.15) is 6.92 Å². The van der Waals surface area contributed by atoms with Gasteiger partial charge in [-0.25, -0.2) is 4.79 Å².